The van der Waals surface area contributed by atoms with Crippen molar-refractivity contribution in [1.82, 2.24) is 9.84 Å². The summed E-state index contributed by atoms with van der Waals surface area (Å²) in [6, 6.07) is 21.3. The Hall–Kier alpha value is -3.60. The second kappa shape index (κ2) is 9.04. The van der Waals surface area contributed by atoms with Gasteiger partial charge >= 0.3 is 0 Å². The molecule has 2 N–H and O–H groups in total. The van der Waals surface area contributed by atoms with E-state index in [0.717, 1.165) is 17.1 Å². The molecule has 158 valence electrons. The molecule has 0 saturated carbocycles. The molecule has 4 rings (SSSR count). The predicted molar refractivity (Wildman–Crippen MR) is 120 cm³/mol. The first-order chi connectivity index (χ1) is 15.0. The van der Waals surface area contributed by atoms with E-state index in [-0.39, 0.29) is 18.1 Å². The Kier molecular flexibility index (Phi) is 6.03. The number of hydrogen-bond donors (Lipinski definition) is 2. The van der Waals surface area contributed by atoms with Gasteiger partial charge in [0.25, 0.3) is 5.69 Å². The minimum absolute atomic E-state index is 0.0507. The maximum absolute atomic E-state index is 12.3. The number of para-hydroxylation sites is 1. The van der Waals surface area contributed by atoms with Crippen molar-refractivity contribution in [2.75, 3.05) is 23.2 Å². The third-order valence-corrected chi connectivity index (χ3v) is 5.31. The normalized spacial score (nSPS) is 11.7. The van der Waals surface area contributed by atoms with Crippen LogP contribution in [0, 0.1) is 10.1 Å². The maximum Gasteiger partial charge on any atom is 0.271 e. The van der Waals surface area contributed by atoms with E-state index in [4.69, 9.17) is 4.74 Å². The molecule has 31 heavy (non-hydrogen) atoms. The average Bonchev–Trinajstić information content (AvgIpc) is 3.46. The zero-order valence-electron chi connectivity index (χ0n) is 16.5. The van der Waals surface area contributed by atoms with Crippen LogP contribution in [0.5, 0.6) is 11.5 Å². The lowest BCUT2D eigenvalue weighted by atomic mass is 10.3. The number of nitro benzene ring substituents is 1. The van der Waals surface area contributed by atoms with Crippen LogP contribution in [-0.2, 0) is 4.79 Å². The largest absolute Gasteiger partial charge is 0.457 e. The molecule has 0 radical (unpaired) electrons. The van der Waals surface area contributed by atoms with Crippen molar-refractivity contribution in [1.29, 1.82) is 0 Å². The summed E-state index contributed by atoms with van der Waals surface area (Å²) >= 11 is 1.24. The highest BCUT2D eigenvalue weighted by molar-refractivity contribution is 7.99. The van der Waals surface area contributed by atoms with Gasteiger partial charge < -0.3 is 10.1 Å². The standard InChI is InChI=1S/C21H19N5O4S/c1-24(23-31-25-19-12-9-16(26(28)29)13-20(19)25)14-21(27)22-15-7-10-18(11-8-15)30-17-5-3-2-4-6-17/h2-13,23H,14H2,1H3,(H,22,27). The summed E-state index contributed by atoms with van der Waals surface area (Å²) in [5, 5.41) is 15.3. The number of nitrogens with zero attached hydrogens (tertiary/aromatic N) is 3. The summed E-state index contributed by atoms with van der Waals surface area (Å²) in [5.41, 5.74) is 2.40. The minimum Gasteiger partial charge on any atom is -0.457 e. The number of fused-ring (bicyclic) bond motifs is 1. The lowest BCUT2D eigenvalue weighted by Gasteiger charge is -2.17. The molecule has 0 spiro atoms. The molecule has 9 nitrogen and oxygen atoms in total. The molecule has 3 aromatic carbocycles. The predicted octanol–water partition coefficient (Wildman–Crippen LogP) is 4.48. The van der Waals surface area contributed by atoms with E-state index in [1.807, 2.05) is 34.6 Å². The molecule has 3 aromatic rings. The van der Waals surface area contributed by atoms with E-state index in [2.05, 4.69) is 10.1 Å². The van der Waals surface area contributed by atoms with Gasteiger partial charge in [-0.25, -0.2) is 5.01 Å². The second-order valence-corrected chi connectivity index (χ2v) is 7.48. The maximum atomic E-state index is 12.3. The third-order valence-electron chi connectivity index (χ3n) is 4.34. The first-order valence-electron chi connectivity index (χ1n) is 9.35. The number of hydrogen-bond acceptors (Lipinski definition) is 8. The Balaban J connectivity index is 1.21. The Morgan fingerprint density at radius 2 is 1.77 bits per heavy atom. The molecule has 1 aliphatic heterocycles. The Morgan fingerprint density at radius 3 is 2.48 bits per heavy atom. The SMILES string of the molecule is CN(CC(=O)Nc1ccc(Oc2ccccc2)cc1)NSN1c2ccc([N+](=O)[O-])cc21. The van der Waals surface area contributed by atoms with Crippen LogP contribution in [-0.4, -0.2) is 29.4 Å². The molecular weight excluding hydrogens is 418 g/mol. The van der Waals surface area contributed by atoms with Crippen molar-refractivity contribution < 1.29 is 14.5 Å². The van der Waals surface area contributed by atoms with E-state index < -0.39 is 4.92 Å². The van der Waals surface area contributed by atoms with Gasteiger partial charge in [0.1, 0.15) is 11.5 Å². The van der Waals surface area contributed by atoms with E-state index in [1.54, 1.807) is 42.4 Å². The summed E-state index contributed by atoms with van der Waals surface area (Å²) in [6.45, 7) is 0.111. The molecule has 0 saturated heterocycles. The van der Waals surface area contributed by atoms with Crippen LogP contribution in [0.2, 0.25) is 0 Å². The average molecular weight is 437 g/mol. The monoisotopic (exact) mass is 437 g/mol. The highest BCUT2D eigenvalue weighted by Gasteiger charge is 2.32. The smallest absolute Gasteiger partial charge is 0.271 e. The number of anilines is 3. The molecule has 0 bridgehead atoms. The summed E-state index contributed by atoms with van der Waals surface area (Å²) in [4.78, 5) is 25.7. The fraction of sp³-hybridized carbons (Fsp3) is 0.0952. The molecular formula is C21H19N5O4S. The molecule has 1 heterocycles. The lowest BCUT2D eigenvalue weighted by molar-refractivity contribution is -0.384. The van der Waals surface area contributed by atoms with Gasteiger partial charge in [-0.3, -0.25) is 19.2 Å². The molecule has 0 atom stereocenters. The number of rotatable bonds is 9. The number of carbonyl (C=O) groups is 1. The zero-order chi connectivity index (χ0) is 21.8. The number of nitrogens with one attached hydrogen (secondary N) is 2. The number of nitro groups is 1. The molecule has 0 fully saturated rings. The van der Waals surface area contributed by atoms with Crippen molar-refractivity contribution in [2.24, 2.45) is 0 Å². The highest BCUT2D eigenvalue weighted by Crippen LogP contribution is 2.53. The van der Waals surface area contributed by atoms with Crippen molar-refractivity contribution >= 4 is 40.8 Å². The van der Waals surface area contributed by atoms with E-state index in [0.29, 0.717) is 11.4 Å². The number of benzene rings is 3. The summed E-state index contributed by atoms with van der Waals surface area (Å²) < 4.78 is 7.55. The quantitative estimate of drug-likeness (QED) is 0.219. The third kappa shape index (κ3) is 5.31. The summed E-state index contributed by atoms with van der Waals surface area (Å²) in [5.74, 6) is 1.23. The van der Waals surface area contributed by atoms with Gasteiger partial charge in [0, 0.05) is 24.9 Å². The first-order valence-corrected chi connectivity index (χ1v) is 10.1. The van der Waals surface area contributed by atoms with E-state index in [1.165, 1.54) is 24.3 Å². The Labute approximate surface area is 183 Å². The minimum atomic E-state index is -0.425. The van der Waals surface area contributed by atoms with Crippen molar-refractivity contribution in [2.45, 2.75) is 0 Å². The molecule has 0 aliphatic carbocycles. The molecule has 1 amide bonds. The van der Waals surface area contributed by atoms with Gasteiger partial charge in [-0.1, -0.05) is 18.2 Å². The number of non-ortho nitro benzene ring substituents is 1. The summed E-state index contributed by atoms with van der Waals surface area (Å²) in [6.07, 6.45) is 0. The fourth-order valence-corrected chi connectivity index (χ4v) is 3.56. The van der Waals surface area contributed by atoms with Crippen LogP contribution in [0.1, 0.15) is 0 Å². The first kappa shape index (κ1) is 20.7. The number of hydrazine groups is 1. The number of carbonyl (C=O) groups excluding carboxylic acids is 1. The van der Waals surface area contributed by atoms with Gasteiger partial charge in [0.15, 0.2) is 0 Å². The van der Waals surface area contributed by atoms with Gasteiger partial charge in [0.2, 0.25) is 5.91 Å². The van der Waals surface area contributed by atoms with Crippen LogP contribution in [0.4, 0.5) is 22.7 Å². The van der Waals surface area contributed by atoms with Gasteiger partial charge in [-0.15, -0.1) is 0 Å². The second-order valence-electron chi connectivity index (χ2n) is 6.75. The van der Waals surface area contributed by atoms with Crippen molar-refractivity contribution in [3.05, 3.63) is 82.9 Å². The van der Waals surface area contributed by atoms with Crippen molar-refractivity contribution in [3.63, 3.8) is 0 Å². The fourth-order valence-electron chi connectivity index (χ4n) is 2.81. The van der Waals surface area contributed by atoms with E-state index >= 15 is 0 Å². The van der Waals surface area contributed by atoms with Gasteiger partial charge in [-0.05, 0) is 42.5 Å². The Morgan fingerprint density at radius 1 is 1.06 bits per heavy atom. The Bertz CT molecular complexity index is 1090. The van der Waals surface area contributed by atoms with E-state index in [9.17, 15) is 14.9 Å². The van der Waals surface area contributed by atoms with Crippen LogP contribution < -0.4 is 19.2 Å². The van der Waals surface area contributed by atoms with Crippen LogP contribution in [0.25, 0.3) is 0 Å². The number of amides is 1. The van der Waals surface area contributed by atoms with Gasteiger partial charge in [0.05, 0.1) is 35.0 Å². The number of ether oxygens (including phenoxy) is 1. The zero-order valence-corrected chi connectivity index (χ0v) is 17.3. The lowest BCUT2D eigenvalue weighted by Crippen LogP contribution is -2.37. The molecule has 0 aromatic heterocycles. The van der Waals surface area contributed by atoms with Crippen LogP contribution in [0.15, 0.2) is 72.8 Å². The van der Waals surface area contributed by atoms with Gasteiger partial charge in [-0.2, -0.15) is 4.83 Å². The molecule has 0 unspecified atom stereocenters. The topological polar surface area (TPSA) is 99.8 Å². The van der Waals surface area contributed by atoms with Crippen LogP contribution in [0.3, 0.4) is 0 Å². The summed E-state index contributed by atoms with van der Waals surface area (Å²) in [7, 11) is 1.74. The highest BCUT2D eigenvalue weighted by atomic mass is 32.2. The molecule has 10 heteroatoms. The van der Waals surface area contributed by atoms with Crippen LogP contribution >= 0.6 is 12.1 Å². The molecule has 1 aliphatic rings. The van der Waals surface area contributed by atoms with Crippen molar-refractivity contribution in [3.8, 4) is 11.5 Å². The number of likely N-dealkylation sites (N-methyl/N-ethyl adjacent to an activating group) is 1.